The predicted octanol–water partition coefficient (Wildman–Crippen LogP) is 1.92. The van der Waals surface area contributed by atoms with Crippen LogP contribution >= 0.6 is 0 Å². The zero-order chi connectivity index (χ0) is 15.4. The number of urea groups is 1. The summed E-state index contributed by atoms with van der Waals surface area (Å²) in [5, 5.41) is 5.46. The van der Waals surface area contributed by atoms with Gasteiger partial charge < -0.3 is 15.5 Å². The summed E-state index contributed by atoms with van der Waals surface area (Å²) in [4.78, 5) is 25.9. The van der Waals surface area contributed by atoms with Gasteiger partial charge in [0.25, 0.3) is 0 Å². The Kier molecular flexibility index (Phi) is 4.83. The Morgan fingerprint density at radius 1 is 1.24 bits per heavy atom. The predicted molar refractivity (Wildman–Crippen MR) is 83.3 cm³/mol. The average molecular weight is 289 g/mol. The summed E-state index contributed by atoms with van der Waals surface area (Å²) in [6, 6.07) is 7.06. The molecule has 0 radical (unpaired) electrons. The largest absolute Gasteiger partial charge is 0.338 e. The molecule has 5 heteroatoms. The number of nitrogens with zero attached hydrogens (tertiary/aromatic N) is 1. The molecule has 21 heavy (non-hydrogen) atoms. The molecule has 3 amide bonds. The molecule has 0 aromatic heterocycles. The van der Waals surface area contributed by atoms with Crippen molar-refractivity contribution >= 4 is 17.6 Å². The molecule has 0 unspecified atom stereocenters. The fourth-order valence-corrected chi connectivity index (χ4v) is 2.41. The van der Waals surface area contributed by atoms with Gasteiger partial charge in [-0.1, -0.05) is 32.0 Å². The Hall–Kier alpha value is -2.04. The number of benzene rings is 1. The Morgan fingerprint density at radius 3 is 2.67 bits per heavy atom. The van der Waals surface area contributed by atoms with Crippen LogP contribution in [-0.2, 0) is 11.2 Å². The van der Waals surface area contributed by atoms with E-state index >= 15 is 0 Å². The first-order valence-corrected chi connectivity index (χ1v) is 7.42. The lowest BCUT2D eigenvalue weighted by molar-refractivity contribution is -0.119. The van der Waals surface area contributed by atoms with Crippen molar-refractivity contribution in [2.24, 2.45) is 5.92 Å². The number of carbonyl (C=O) groups excluding carboxylic acids is 2. The van der Waals surface area contributed by atoms with Gasteiger partial charge in [-0.15, -0.1) is 0 Å². The Balaban J connectivity index is 1.93. The summed E-state index contributed by atoms with van der Waals surface area (Å²) in [5.74, 6) is 0.312. The minimum Gasteiger partial charge on any atom is -0.338 e. The zero-order valence-corrected chi connectivity index (χ0v) is 12.8. The van der Waals surface area contributed by atoms with E-state index in [9.17, 15) is 9.59 Å². The van der Waals surface area contributed by atoms with Crippen LogP contribution in [0.4, 0.5) is 10.5 Å². The quantitative estimate of drug-likeness (QED) is 0.889. The summed E-state index contributed by atoms with van der Waals surface area (Å²) in [6.07, 6.45) is 0.869. The molecule has 0 saturated carbocycles. The molecule has 1 atom stereocenters. The van der Waals surface area contributed by atoms with Crippen LogP contribution in [-0.4, -0.2) is 31.1 Å². The van der Waals surface area contributed by atoms with Crippen molar-refractivity contribution in [2.45, 2.75) is 33.2 Å². The second-order valence-corrected chi connectivity index (χ2v) is 5.84. The van der Waals surface area contributed by atoms with Crippen molar-refractivity contribution in [3.05, 3.63) is 29.8 Å². The molecule has 2 N–H and O–H groups in total. The van der Waals surface area contributed by atoms with Gasteiger partial charge in [-0.2, -0.15) is 0 Å². The summed E-state index contributed by atoms with van der Waals surface area (Å²) in [6.45, 7) is 7.04. The van der Waals surface area contributed by atoms with Gasteiger partial charge in [0.1, 0.15) is 6.04 Å². The molecule has 1 aromatic carbocycles. The van der Waals surface area contributed by atoms with Crippen molar-refractivity contribution in [3.63, 3.8) is 0 Å². The third-order valence-electron chi connectivity index (χ3n) is 3.54. The van der Waals surface area contributed by atoms with Crippen molar-refractivity contribution in [1.82, 2.24) is 10.6 Å². The standard InChI is InChI=1S/C16H23N3O2/c1-11(2)10-17-16(21)18-12(3)15(20)19-9-8-13-6-4-5-7-14(13)19/h4-7,11-12H,8-10H2,1-3H3,(H2,17,18,21)/t12-/m1/s1. The van der Waals surface area contributed by atoms with Gasteiger partial charge in [0, 0.05) is 18.8 Å². The zero-order valence-electron chi connectivity index (χ0n) is 12.8. The number of fused-ring (bicyclic) bond motifs is 1. The van der Waals surface area contributed by atoms with E-state index in [1.54, 1.807) is 11.8 Å². The van der Waals surface area contributed by atoms with Crippen LogP contribution in [0.2, 0.25) is 0 Å². The van der Waals surface area contributed by atoms with E-state index < -0.39 is 6.04 Å². The van der Waals surface area contributed by atoms with Crippen molar-refractivity contribution in [3.8, 4) is 0 Å². The Labute approximate surface area is 125 Å². The number of carbonyl (C=O) groups is 2. The number of para-hydroxylation sites is 1. The molecule has 0 aliphatic carbocycles. The summed E-state index contributed by atoms with van der Waals surface area (Å²) < 4.78 is 0. The number of hydrogen-bond donors (Lipinski definition) is 2. The number of hydrogen-bond acceptors (Lipinski definition) is 2. The third kappa shape index (κ3) is 3.74. The maximum atomic E-state index is 12.5. The molecule has 1 heterocycles. The van der Waals surface area contributed by atoms with E-state index in [0.717, 1.165) is 12.1 Å². The van der Waals surface area contributed by atoms with Crippen LogP contribution in [0.25, 0.3) is 0 Å². The van der Waals surface area contributed by atoms with Crippen molar-refractivity contribution < 1.29 is 9.59 Å². The minimum absolute atomic E-state index is 0.0698. The molecular weight excluding hydrogens is 266 g/mol. The maximum Gasteiger partial charge on any atom is 0.315 e. The third-order valence-corrected chi connectivity index (χ3v) is 3.54. The monoisotopic (exact) mass is 289 g/mol. The molecule has 1 aromatic rings. The van der Waals surface area contributed by atoms with Gasteiger partial charge in [0.15, 0.2) is 0 Å². The van der Waals surface area contributed by atoms with Crippen LogP contribution in [0.3, 0.4) is 0 Å². The van der Waals surface area contributed by atoms with Crippen LogP contribution in [0, 0.1) is 5.92 Å². The topological polar surface area (TPSA) is 61.4 Å². The molecule has 0 spiro atoms. The molecule has 0 fully saturated rings. The Bertz CT molecular complexity index is 528. The Morgan fingerprint density at radius 2 is 1.95 bits per heavy atom. The van der Waals surface area contributed by atoms with Crippen LogP contribution in [0.5, 0.6) is 0 Å². The van der Waals surface area contributed by atoms with E-state index in [0.29, 0.717) is 19.0 Å². The van der Waals surface area contributed by atoms with Crippen molar-refractivity contribution in [2.75, 3.05) is 18.0 Å². The van der Waals surface area contributed by atoms with Crippen LogP contribution in [0.15, 0.2) is 24.3 Å². The second-order valence-electron chi connectivity index (χ2n) is 5.84. The lowest BCUT2D eigenvalue weighted by Crippen LogP contribution is -2.50. The highest BCUT2D eigenvalue weighted by Gasteiger charge is 2.28. The van der Waals surface area contributed by atoms with Crippen LogP contribution in [0.1, 0.15) is 26.3 Å². The molecule has 1 aliphatic rings. The fourth-order valence-electron chi connectivity index (χ4n) is 2.41. The average Bonchev–Trinajstić information content (AvgIpc) is 2.88. The highest BCUT2D eigenvalue weighted by molar-refractivity contribution is 6.00. The van der Waals surface area contributed by atoms with Crippen molar-refractivity contribution in [1.29, 1.82) is 0 Å². The normalized spacial score (nSPS) is 14.8. The first kappa shape index (κ1) is 15.4. The molecule has 2 rings (SSSR count). The first-order valence-electron chi connectivity index (χ1n) is 7.42. The van der Waals surface area contributed by atoms with Gasteiger partial charge >= 0.3 is 6.03 Å². The number of amides is 3. The van der Waals surface area contributed by atoms with Crippen LogP contribution < -0.4 is 15.5 Å². The molecule has 5 nitrogen and oxygen atoms in total. The lowest BCUT2D eigenvalue weighted by Gasteiger charge is -2.22. The maximum absolute atomic E-state index is 12.5. The fraction of sp³-hybridized carbons (Fsp3) is 0.500. The van der Waals surface area contributed by atoms with Gasteiger partial charge in [-0.3, -0.25) is 4.79 Å². The highest BCUT2D eigenvalue weighted by atomic mass is 16.2. The first-order chi connectivity index (χ1) is 9.99. The second kappa shape index (κ2) is 6.61. The van der Waals surface area contributed by atoms with Gasteiger partial charge in [0.05, 0.1) is 0 Å². The van der Waals surface area contributed by atoms with E-state index in [-0.39, 0.29) is 11.9 Å². The smallest absolute Gasteiger partial charge is 0.315 e. The van der Waals surface area contributed by atoms with E-state index in [2.05, 4.69) is 10.6 Å². The summed E-state index contributed by atoms with van der Waals surface area (Å²) in [5.41, 5.74) is 2.14. The number of rotatable bonds is 4. The molecule has 114 valence electrons. The summed E-state index contributed by atoms with van der Waals surface area (Å²) in [7, 11) is 0. The van der Waals surface area contributed by atoms with E-state index in [1.165, 1.54) is 5.56 Å². The molecule has 1 aliphatic heterocycles. The van der Waals surface area contributed by atoms with Gasteiger partial charge in [0.2, 0.25) is 5.91 Å². The van der Waals surface area contributed by atoms with E-state index in [1.807, 2.05) is 38.1 Å². The number of nitrogens with one attached hydrogen (secondary N) is 2. The molecular formula is C16H23N3O2. The van der Waals surface area contributed by atoms with Gasteiger partial charge in [-0.05, 0) is 30.9 Å². The van der Waals surface area contributed by atoms with Gasteiger partial charge in [-0.25, -0.2) is 4.79 Å². The SMILES string of the molecule is CC(C)CNC(=O)N[C@H](C)C(=O)N1CCc2ccccc21. The van der Waals surface area contributed by atoms with E-state index in [4.69, 9.17) is 0 Å². The molecule has 0 saturated heterocycles. The lowest BCUT2D eigenvalue weighted by atomic mass is 10.2. The molecule has 0 bridgehead atoms. The highest BCUT2D eigenvalue weighted by Crippen LogP contribution is 2.27. The summed E-state index contributed by atoms with van der Waals surface area (Å²) >= 11 is 0. The minimum atomic E-state index is -0.539. The number of anilines is 1.